The second-order valence-electron chi connectivity index (χ2n) is 5.26. The number of allylic oxidation sites excluding steroid dienone is 2. The van der Waals surface area contributed by atoms with Gasteiger partial charge in [-0.3, -0.25) is 0 Å². The molecule has 0 aliphatic carbocycles. The minimum Gasteiger partial charge on any atom is -0.465 e. The molecule has 1 aliphatic heterocycles. The smallest absolute Gasteiger partial charge is 0.337 e. The van der Waals surface area contributed by atoms with Crippen LogP contribution in [0, 0.1) is 0 Å². The molecule has 3 heteroatoms. The molecule has 0 saturated carbocycles. The van der Waals surface area contributed by atoms with Gasteiger partial charge in [0.15, 0.2) is 0 Å². The minimum atomic E-state index is -0.271. The quantitative estimate of drug-likeness (QED) is 0.546. The van der Waals surface area contributed by atoms with Crippen molar-refractivity contribution in [2.45, 2.75) is 52.5 Å². The van der Waals surface area contributed by atoms with Crippen LogP contribution in [0.1, 0.15) is 46.5 Å². The molecule has 1 unspecified atom stereocenters. The molecule has 1 saturated heterocycles. The molecule has 0 aromatic heterocycles. The number of hydrogen-bond donors (Lipinski definition) is 0. The summed E-state index contributed by atoms with van der Waals surface area (Å²) in [7, 11) is 1.42. The van der Waals surface area contributed by atoms with Crippen LogP contribution in [0.4, 0.5) is 0 Å². The Morgan fingerprint density at radius 2 is 2.20 bits per heavy atom. The topological polar surface area (TPSA) is 29.5 Å². The second kappa shape index (κ2) is 7.93. The lowest BCUT2D eigenvalue weighted by Gasteiger charge is -2.26. The molecule has 0 bridgehead atoms. The summed E-state index contributed by atoms with van der Waals surface area (Å²) in [5.74, 6) is -0.271. The number of hydrogen-bond acceptors (Lipinski definition) is 3. The first-order chi connectivity index (χ1) is 9.54. The van der Waals surface area contributed by atoms with Gasteiger partial charge < -0.3 is 9.64 Å². The summed E-state index contributed by atoms with van der Waals surface area (Å²) in [6, 6.07) is 0.509. The fourth-order valence-corrected chi connectivity index (χ4v) is 2.65. The van der Waals surface area contributed by atoms with Gasteiger partial charge in [-0.1, -0.05) is 32.9 Å². The summed E-state index contributed by atoms with van der Waals surface area (Å²) in [5, 5.41) is 0. The normalized spacial score (nSPS) is 19.6. The molecular formula is C17H27NO2. The van der Waals surface area contributed by atoms with Gasteiger partial charge in [0.2, 0.25) is 0 Å². The van der Waals surface area contributed by atoms with E-state index in [0.29, 0.717) is 11.6 Å². The Bertz CT molecular complexity index is 421. The van der Waals surface area contributed by atoms with Gasteiger partial charge in [0.25, 0.3) is 0 Å². The van der Waals surface area contributed by atoms with Crippen molar-refractivity contribution >= 4 is 5.97 Å². The number of ether oxygens (including phenoxy) is 1. The molecule has 1 atom stereocenters. The van der Waals surface area contributed by atoms with E-state index >= 15 is 0 Å². The van der Waals surface area contributed by atoms with Crippen molar-refractivity contribution < 1.29 is 9.53 Å². The van der Waals surface area contributed by atoms with E-state index in [4.69, 9.17) is 4.74 Å². The van der Waals surface area contributed by atoms with Crippen molar-refractivity contribution in [3.05, 3.63) is 35.6 Å². The van der Waals surface area contributed by atoms with Crippen molar-refractivity contribution in [3.63, 3.8) is 0 Å². The fourth-order valence-electron chi connectivity index (χ4n) is 2.65. The largest absolute Gasteiger partial charge is 0.465 e. The van der Waals surface area contributed by atoms with Gasteiger partial charge in [-0.2, -0.15) is 0 Å². The Morgan fingerprint density at radius 3 is 2.75 bits per heavy atom. The number of likely N-dealkylation sites (tertiary alicyclic amines) is 1. The summed E-state index contributed by atoms with van der Waals surface area (Å²) in [5.41, 5.74) is 2.84. The van der Waals surface area contributed by atoms with Gasteiger partial charge in [0.05, 0.1) is 12.7 Å². The van der Waals surface area contributed by atoms with Gasteiger partial charge >= 0.3 is 5.97 Å². The molecule has 0 radical (unpaired) electrons. The number of carbonyl (C=O) groups excluding carboxylic acids is 1. The van der Waals surface area contributed by atoms with Gasteiger partial charge in [0, 0.05) is 18.3 Å². The third-order valence-corrected chi connectivity index (χ3v) is 3.75. The van der Waals surface area contributed by atoms with E-state index in [1.807, 2.05) is 19.1 Å². The zero-order valence-corrected chi connectivity index (χ0v) is 13.2. The maximum absolute atomic E-state index is 11.7. The number of carbonyl (C=O) groups is 1. The van der Waals surface area contributed by atoms with Gasteiger partial charge in [-0.25, -0.2) is 4.79 Å². The average molecular weight is 277 g/mol. The van der Waals surface area contributed by atoms with Crippen LogP contribution in [0.3, 0.4) is 0 Å². The fraction of sp³-hybridized carbons (Fsp3) is 0.588. The Labute approximate surface area is 123 Å². The van der Waals surface area contributed by atoms with Crippen LogP contribution in [0.5, 0.6) is 0 Å². The van der Waals surface area contributed by atoms with Crippen LogP contribution in [0.2, 0.25) is 0 Å². The van der Waals surface area contributed by atoms with E-state index in [9.17, 15) is 4.79 Å². The first kappa shape index (κ1) is 16.5. The van der Waals surface area contributed by atoms with Gasteiger partial charge in [-0.15, -0.1) is 0 Å². The Morgan fingerprint density at radius 1 is 1.50 bits per heavy atom. The van der Waals surface area contributed by atoms with Gasteiger partial charge in [-0.05, 0) is 37.8 Å². The molecule has 1 rings (SSSR count). The van der Waals surface area contributed by atoms with Crippen molar-refractivity contribution in [2.24, 2.45) is 0 Å². The number of nitrogens with zero attached hydrogens (tertiary/aromatic N) is 1. The van der Waals surface area contributed by atoms with E-state index in [1.165, 1.54) is 20.0 Å². The number of rotatable bonds is 6. The van der Waals surface area contributed by atoms with E-state index in [2.05, 4.69) is 25.3 Å². The highest BCUT2D eigenvalue weighted by Gasteiger charge is 2.24. The highest BCUT2D eigenvalue weighted by Crippen LogP contribution is 2.30. The Hall–Kier alpha value is -1.51. The molecule has 1 fully saturated rings. The van der Waals surface area contributed by atoms with Crippen LogP contribution in [0.25, 0.3) is 0 Å². The zero-order chi connectivity index (χ0) is 15.1. The lowest BCUT2D eigenvalue weighted by Crippen LogP contribution is -2.28. The van der Waals surface area contributed by atoms with Crippen molar-refractivity contribution in [2.75, 3.05) is 13.7 Å². The van der Waals surface area contributed by atoms with Crippen LogP contribution < -0.4 is 0 Å². The predicted octanol–water partition coefficient (Wildman–Crippen LogP) is 3.83. The molecular weight excluding hydrogens is 250 g/mol. The maximum atomic E-state index is 11.7. The monoisotopic (exact) mass is 277 g/mol. The lowest BCUT2D eigenvalue weighted by atomic mass is 10.1. The number of esters is 1. The van der Waals surface area contributed by atoms with Crippen molar-refractivity contribution in [3.8, 4) is 0 Å². The molecule has 0 aromatic rings. The molecule has 1 aliphatic rings. The Kier molecular flexibility index (Phi) is 6.56. The summed E-state index contributed by atoms with van der Waals surface area (Å²) in [6.07, 6.45) is 7.95. The third-order valence-electron chi connectivity index (χ3n) is 3.75. The van der Waals surface area contributed by atoms with E-state index in [1.54, 1.807) is 0 Å². The molecule has 0 spiro atoms. The highest BCUT2D eigenvalue weighted by molar-refractivity contribution is 5.91. The van der Waals surface area contributed by atoms with Crippen LogP contribution >= 0.6 is 0 Å². The third kappa shape index (κ3) is 3.99. The standard InChI is InChI=1S/C17H27NO2/c1-6-8-13(3)18-11-10-15(14(18)4)12-16(9-7-2)17(19)20-5/h9,12-13H,4,6-8,10-11H2,1-3,5H3/b15-12-,16-9+. The van der Waals surface area contributed by atoms with E-state index in [0.717, 1.165) is 30.7 Å². The molecule has 0 aromatic carbocycles. The summed E-state index contributed by atoms with van der Waals surface area (Å²) >= 11 is 0. The van der Waals surface area contributed by atoms with Crippen LogP contribution in [-0.2, 0) is 9.53 Å². The SMILES string of the molecule is C=C1/C(=C\C(=C/CC)C(=O)OC)CCN1C(C)CCC. The summed E-state index contributed by atoms with van der Waals surface area (Å²) < 4.78 is 4.83. The molecule has 0 amide bonds. The van der Waals surface area contributed by atoms with Gasteiger partial charge in [0.1, 0.15) is 0 Å². The van der Waals surface area contributed by atoms with Crippen LogP contribution in [-0.4, -0.2) is 30.6 Å². The average Bonchev–Trinajstić information content (AvgIpc) is 2.79. The van der Waals surface area contributed by atoms with E-state index in [-0.39, 0.29) is 5.97 Å². The van der Waals surface area contributed by atoms with Crippen LogP contribution in [0.15, 0.2) is 35.6 Å². The lowest BCUT2D eigenvalue weighted by molar-refractivity contribution is -0.135. The number of methoxy groups -OCH3 is 1. The molecule has 3 nitrogen and oxygen atoms in total. The summed E-state index contributed by atoms with van der Waals surface area (Å²) in [4.78, 5) is 14.1. The highest BCUT2D eigenvalue weighted by atomic mass is 16.5. The van der Waals surface area contributed by atoms with Crippen molar-refractivity contribution in [1.29, 1.82) is 0 Å². The molecule has 0 N–H and O–H groups in total. The second-order valence-corrected chi connectivity index (χ2v) is 5.26. The Balaban J connectivity index is 2.87. The van der Waals surface area contributed by atoms with E-state index < -0.39 is 0 Å². The van der Waals surface area contributed by atoms with Crippen molar-refractivity contribution in [1.82, 2.24) is 4.90 Å². The zero-order valence-electron chi connectivity index (χ0n) is 13.2. The molecule has 112 valence electrons. The summed E-state index contributed by atoms with van der Waals surface area (Å²) in [6.45, 7) is 11.6. The predicted molar refractivity (Wildman–Crippen MR) is 83.3 cm³/mol. The minimum absolute atomic E-state index is 0.271. The first-order valence-electron chi connectivity index (χ1n) is 7.50. The molecule has 20 heavy (non-hydrogen) atoms. The first-order valence-corrected chi connectivity index (χ1v) is 7.50. The molecule has 1 heterocycles. The maximum Gasteiger partial charge on any atom is 0.337 e.